The van der Waals surface area contributed by atoms with Gasteiger partial charge in [-0.2, -0.15) is 0 Å². The Morgan fingerprint density at radius 3 is 2.29 bits per heavy atom. The van der Waals surface area contributed by atoms with Crippen LogP contribution in [0.2, 0.25) is 0 Å². The molecule has 34 heavy (non-hydrogen) atoms. The molecule has 11 nitrogen and oxygen atoms in total. The molecule has 3 aromatic rings. The summed E-state index contributed by atoms with van der Waals surface area (Å²) in [4.78, 5) is 45.8. The summed E-state index contributed by atoms with van der Waals surface area (Å²) >= 11 is 0. The van der Waals surface area contributed by atoms with Gasteiger partial charge < -0.3 is 19.7 Å². The molecule has 0 atom stereocenters. The molecule has 1 N–H and O–H groups in total. The summed E-state index contributed by atoms with van der Waals surface area (Å²) in [5.41, 5.74) is 2.31. The Morgan fingerprint density at radius 1 is 1.03 bits per heavy atom. The van der Waals surface area contributed by atoms with Crippen LogP contribution in [0.5, 0.6) is 0 Å². The molecule has 4 rings (SSSR count). The quantitative estimate of drug-likeness (QED) is 0.329. The summed E-state index contributed by atoms with van der Waals surface area (Å²) in [6, 6.07) is 12.0. The van der Waals surface area contributed by atoms with Crippen molar-refractivity contribution in [3.05, 3.63) is 81.2 Å². The van der Waals surface area contributed by atoms with Crippen LogP contribution in [-0.2, 0) is 22.4 Å². The molecule has 0 radical (unpaired) electrons. The summed E-state index contributed by atoms with van der Waals surface area (Å²) < 4.78 is 9.48. The molecule has 0 spiro atoms. The zero-order chi connectivity index (χ0) is 24.2. The molecule has 0 bridgehead atoms. The van der Waals surface area contributed by atoms with Crippen LogP contribution in [-0.4, -0.2) is 47.6 Å². The number of hydrogen-bond acceptors (Lipinski definition) is 10. The van der Waals surface area contributed by atoms with Gasteiger partial charge in [0.25, 0.3) is 0 Å². The number of nitro groups is 1. The highest BCUT2D eigenvalue weighted by Gasteiger charge is 2.29. The normalized spacial score (nSPS) is 12.5. The van der Waals surface area contributed by atoms with Crippen molar-refractivity contribution in [1.29, 1.82) is 0 Å². The molecule has 0 aliphatic carbocycles. The zero-order valence-corrected chi connectivity index (χ0v) is 18.5. The first-order valence-electron chi connectivity index (χ1n) is 10.3. The third kappa shape index (κ3) is 4.49. The van der Waals surface area contributed by atoms with Crippen LogP contribution in [0.4, 0.5) is 23.0 Å². The second-order valence-electron chi connectivity index (χ2n) is 7.50. The SMILES string of the molecule is COC(=O)c1cc(Nc2ncnc(N3CCc4ccccc4C3)c2[N+](=O)[O-])cc(C(=O)OC)c1. The van der Waals surface area contributed by atoms with Crippen LogP contribution in [0.1, 0.15) is 31.8 Å². The second-order valence-corrected chi connectivity index (χ2v) is 7.50. The van der Waals surface area contributed by atoms with Crippen molar-refractivity contribution < 1.29 is 24.0 Å². The molecule has 0 saturated carbocycles. The lowest BCUT2D eigenvalue weighted by molar-refractivity contribution is -0.383. The highest BCUT2D eigenvalue weighted by molar-refractivity contribution is 5.97. The number of hydrogen-bond donors (Lipinski definition) is 1. The van der Waals surface area contributed by atoms with E-state index in [2.05, 4.69) is 15.3 Å². The molecule has 0 fully saturated rings. The van der Waals surface area contributed by atoms with Gasteiger partial charge in [-0.3, -0.25) is 10.1 Å². The van der Waals surface area contributed by atoms with Crippen LogP contribution in [0.15, 0.2) is 48.8 Å². The van der Waals surface area contributed by atoms with E-state index in [4.69, 9.17) is 9.47 Å². The van der Waals surface area contributed by atoms with E-state index < -0.39 is 16.9 Å². The molecule has 1 aliphatic rings. The molecule has 1 aromatic heterocycles. The van der Waals surface area contributed by atoms with Crippen molar-refractivity contribution in [2.45, 2.75) is 13.0 Å². The average molecular weight is 463 g/mol. The predicted octanol–water partition coefficient (Wildman–Crippen LogP) is 3.26. The van der Waals surface area contributed by atoms with E-state index in [-0.39, 0.29) is 34.1 Å². The van der Waals surface area contributed by atoms with Gasteiger partial charge in [0.1, 0.15) is 6.33 Å². The fraction of sp³-hybridized carbons (Fsp3) is 0.217. The standard InChI is InChI=1S/C23H21N5O6/c1-33-22(29)16-9-17(23(30)34-2)11-18(10-16)26-20-19(28(31)32)21(25-13-24-20)27-8-7-14-5-3-4-6-15(14)12-27/h3-6,9-11,13H,7-8,12H2,1-2H3,(H,24,25,26). The fourth-order valence-electron chi connectivity index (χ4n) is 3.84. The molecule has 174 valence electrons. The lowest BCUT2D eigenvalue weighted by Gasteiger charge is -2.29. The number of anilines is 3. The van der Waals surface area contributed by atoms with E-state index in [0.717, 1.165) is 12.0 Å². The Hall–Kier alpha value is -4.54. The minimum atomic E-state index is -0.682. The largest absolute Gasteiger partial charge is 0.465 e. The zero-order valence-electron chi connectivity index (χ0n) is 18.5. The summed E-state index contributed by atoms with van der Waals surface area (Å²) in [7, 11) is 2.41. The first kappa shape index (κ1) is 22.6. The number of rotatable bonds is 6. The van der Waals surface area contributed by atoms with Gasteiger partial charge in [-0.05, 0) is 35.7 Å². The smallest absolute Gasteiger partial charge is 0.353 e. The van der Waals surface area contributed by atoms with Gasteiger partial charge in [-0.15, -0.1) is 0 Å². The first-order valence-corrected chi connectivity index (χ1v) is 10.3. The van der Waals surface area contributed by atoms with Gasteiger partial charge in [0.05, 0.1) is 30.3 Å². The van der Waals surface area contributed by atoms with E-state index in [0.29, 0.717) is 13.1 Å². The number of carbonyl (C=O) groups is 2. The van der Waals surface area contributed by atoms with Gasteiger partial charge in [-0.25, -0.2) is 19.6 Å². The van der Waals surface area contributed by atoms with Crippen molar-refractivity contribution in [1.82, 2.24) is 9.97 Å². The minimum Gasteiger partial charge on any atom is -0.465 e. The number of ether oxygens (including phenoxy) is 2. The highest BCUT2D eigenvalue weighted by atomic mass is 16.6. The molecule has 1 aliphatic heterocycles. The molecule has 0 amide bonds. The van der Waals surface area contributed by atoms with Crippen molar-refractivity contribution in [2.24, 2.45) is 0 Å². The van der Waals surface area contributed by atoms with Gasteiger partial charge in [-0.1, -0.05) is 24.3 Å². The maximum Gasteiger partial charge on any atom is 0.353 e. The van der Waals surface area contributed by atoms with Crippen LogP contribution in [0, 0.1) is 10.1 Å². The number of benzene rings is 2. The van der Waals surface area contributed by atoms with Crippen LogP contribution >= 0.6 is 0 Å². The van der Waals surface area contributed by atoms with Gasteiger partial charge >= 0.3 is 17.6 Å². The van der Waals surface area contributed by atoms with E-state index in [1.165, 1.54) is 44.3 Å². The Labute approximate surface area is 194 Å². The second kappa shape index (κ2) is 9.53. The number of carbonyl (C=O) groups excluding carboxylic acids is 2. The van der Waals surface area contributed by atoms with Crippen molar-refractivity contribution in [3.8, 4) is 0 Å². The molecule has 11 heteroatoms. The maximum atomic E-state index is 12.1. The van der Waals surface area contributed by atoms with Crippen molar-refractivity contribution in [3.63, 3.8) is 0 Å². The lowest BCUT2D eigenvalue weighted by atomic mass is 10.00. The predicted molar refractivity (Wildman–Crippen MR) is 122 cm³/mol. The number of esters is 2. The van der Waals surface area contributed by atoms with Crippen LogP contribution in [0.25, 0.3) is 0 Å². The van der Waals surface area contributed by atoms with E-state index in [1.807, 2.05) is 29.2 Å². The summed E-state index contributed by atoms with van der Waals surface area (Å²) in [6.07, 6.45) is 1.96. The van der Waals surface area contributed by atoms with Gasteiger partial charge in [0, 0.05) is 18.8 Å². The number of nitrogens with one attached hydrogen (secondary N) is 1. The van der Waals surface area contributed by atoms with E-state index >= 15 is 0 Å². The van der Waals surface area contributed by atoms with E-state index in [1.54, 1.807) is 0 Å². The van der Waals surface area contributed by atoms with Gasteiger partial charge in [0.15, 0.2) is 0 Å². The Balaban J connectivity index is 1.73. The third-order valence-electron chi connectivity index (χ3n) is 5.45. The number of fused-ring (bicyclic) bond motifs is 1. The fourth-order valence-corrected chi connectivity index (χ4v) is 3.84. The highest BCUT2D eigenvalue weighted by Crippen LogP contribution is 2.36. The van der Waals surface area contributed by atoms with Gasteiger partial charge in [0.2, 0.25) is 11.6 Å². The molecule has 2 heterocycles. The third-order valence-corrected chi connectivity index (χ3v) is 5.45. The molecule has 0 unspecified atom stereocenters. The monoisotopic (exact) mass is 463 g/mol. The summed E-state index contributed by atoms with van der Waals surface area (Å²) in [5, 5.41) is 14.9. The topological polar surface area (TPSA) is 137 Å². The Morgan fingerprint density at radius 2 is 1.68 bits per heavy atom. The Bertz CT molecular complexity index is 1240. The summed E-state index contributed by atoms with van der Waals surface area (Å²) in [6.45, 7) is 1.02. The lowest BCUT2D eigenvalue weighted by Crippen LogP contribution is -2.31. The molecule has 0 saturated heterocycles. The molecular formula is C23H21N5O6. The van der Waals surface area contributed by atoms with Crippen molar-refractivity contribution >= 4 is 34.9 Å². The summed E-state index contributed by atoms with van der Waals surface area (Å²) in [5.74, 6) is -1.27. The minimum absolute atomic E-state index is 0.0671. The van der Waals surface area contributed by atoms with Crippen LogP contribution in [0.3, 0.4) is 0 Å². The number of methoxy groups -OCH3 is 2. The molecular weight excluding hydrogens is 442 g/mol. The molecule has 2 aromatic carbocycles. The first-order chi connectivity index (χ1) is 16.4. The maximum absolute atomic E-state index is 12.1. The van der Waals surface area contributed by atoms with Crippen LogP contribution < -0.4 is 10.2 Å². The van der Waals surface area contributed by atoms with Crippen molar-refractivity contribution in [2.75, 3.05) is 31.0 Å². The Kier molecular flexibility index (Phi) is 6.35. The van der Waals surface area contributed by atoms with E-state index in [9.17, 15) is 19.7 Å². The average Bonchev–Trinajstić information content (AvgIpc) is 2.86. The number of nitrogens with zero attached hydrogens (tertiary/aromatic N) is 4. The number of aromatic nitrogens is 2.